The molecular weight excluding hydrogens is 362 g/mol. The summed E-state index contributed by atoms with van der Waals surface area (Å²) in [5.74, 6) is 0.0275. The lowest BCUT2D eigenvalue weighted by molar-refractivity contribution is 0.621. The molecule has 0 saturated carbocycles. The minimum atomic E-state index is -0.361. The maximum Gasteiger partial charge on any atom is 0.161 e. The van der Waals surface area contributed by atoms with Crippen LogP contribution >= 0.6 is 43.5 Å². The fourth-order valence-corrected chi connectivity index (χ4v) is 1.69. The summed E-state index contributed by atoms with van der Waals surface area (Å²) in [7, 11) is 0. The second-order valence-electron chi connectivity index (χ2n) is 2.96. The lowest BCUT2D eigenvalue weighted by Gasteiger charge is -2.02. The predicted molar refractivity (Wildman–Crippen MR) is 67.8 cm³/mol. The van der Waals surface area contributed by atoms with Crippen molar-refractivity contribution in [3.63, 3.8) is 0 Å². The van der Waals surface area contributed by atoms with Crippen molar-refractivity contribution in [2.45, 2.75) is 0 Å². The fourth-order valence-electron chi connectivity index (χ4n) is 1.12. The maximum atomic E-state index is 13.3. The third kappa shape index (κ3) is 2.42. The first-order chi connectivity index (χ1) is 7.58. The van der Waals surface area contributed by atoms with Crippen LogP contribution in [0.1, 0.15) is 0 Å². The number of hydrogen-bond acceptors (Lipinski definition) is 2. The topological polar surface area (TPSA) is 25.8 Å². The largest absolute Gasteiger partial charge is 0.235 e. The van der Waals surface area contributed by atoms with Crippen LogP contribution in [0.15, 0.2) is 33.3 Å². The molecule has 1 aromatic heterocycles. The molecule has 2 aromatic rings. The summed E-state index contributed by atoms with van der Waals surface area (Å²) in [5, 5.41) is 0.299. The van der Waals surface area contributed by atoms with E-state index in [-0.39, 0.29) is 5.82 Å². The standard InChI is InChI=1S/C10H4Br2ClFN2/c11-6-2-1-5(3-8(6)14)10-15-4-7(12)9(13)16-10/h1-4H. The number of halogens is 4. The van der Waals surface area contributed by atoms with Gasteiger partial charge in [0.2, 0.25) is 0 Å². The van der Waals surface area contributed by atoms with E-state index >= 15 is 0 Å². The normalized spacial score (nSPS) is 10.5. The van der Waals surface area contributed by atoms with Crippen LogP contribution in [-0.2, 0) is 0 Å². The number of nitrogens with zero attached hydrogens (tertiary/aromatic N) is 2. The smallest absolute Gasteiger partial charge is 0.161 e. The molecule has 82 valence electrons. The Kier molecular flexibility index (Phi) is 3.56. The van der Waals surface area contributed by atoms with Gasteiger partial charge in [-0.2, -0.15) is 0 Å². The molecule has 0 radical (unpaired) electrons. The second-order valence-corrected chi connectivity index (χ2v) is 5.03. The van der Waals surface area contributed by atoms with Crippen LogP contribution in [0.3, 0.4) is 0 Å². The van der Waals surface area contributed by atoms with Crippen molar-refractivity contribution in [1.82, 2.24) is 9.97 Å². The molecule has 0 unspecified atom stereocenters. The molecule has 0 aliphatic heterocycles. The quantitative estimate of drug-likeness (QED) is 0.697. The maximum absolute atomic E-state index is 13.3. The summed E-state index contributed by atoms with van der Waals surface area (Å²) in [6.07, 6.45) is 1.53. The molecule has 1 heterocycles. The Morgan fingerprint density at radius 1 is 1.19 bits per heavy atom. The van der Waals surface area contributed by atoms with Crippen LogP contribution in [0, 0.1) is 5.82 Å². The van der Waals surface area contributed by atoms with E-state index in [4.69, 9.17) is 11.6 Å². The van der Waals surface area contributed by atoms with Crippen molar-refractivity contribution in [2.24, 2.45) is 0 Å². The van der Waals surface area contributed by atoms with Gasteiger partial charge in [0.15, 0.2) is 5.82 Å². The molecule has 0 N–H and O–H groups in total. The van der Waals surface area contributed by atoms with Gasteiger partial charge in [0.25, 0.3) is 0 Å². The van der Waals surface area contributed by atoms with Crippen LogP contribution in [0.25, 0.3) is 11.4 Å². The Bertz CT molecular complexity index is 499. The molecule has 16 heavy (non-hydrogen) atoms. The molecule has 0 saturated heterocycles. The summed E-state index contributed by atoms with van der Waals surface area (Å²) in [4.78, 5) is 8.09. The van der Waals surface area contributed by atoms with Crippen molar-refractivity contribution >= 4 is 43.5 Å². The molecule has 2 rings (SSSR count). The minimum Gasteiger partial charge on any atom is -0.235 e. The Morgan fingerprint density at radius 2 is 1.94 bits per heavy atom. The van der Waals surface area contributed by atoms with E-state index in [1.807, 2.05) is 0 Å². The van der Waals surface area contributed by atoms with Crippen molar-refractivity contribution in [1.29, 1.82) is 0 Å². The van der Waals surface area contributed by atoms with Crippen LogP contribution in [0.4, 0.5) is 4.39 Å². The number of hydrogen-bond donors (Lipinski definition) is 0. The van der Waals surface area contributed by atoms with Crippen LogP contribution in [0.2, 0.25) is 5.15 Å². The predicted octanol–water partition coefficient (Wildman–Crippen LogP) is 4.46. The third-order valence-electron chi connectivity index (χ3n) is 1.88. The Labute approximate surface area is 113 Å². The SMILES string of the molecule is Fc1cc(-c2ncc(Br)c(Cl)n2)ccc1Br. The monoisotopic (exact) mass is 364 g/mol. The zero-order valence-electron chi connectivity index (χ0n) is 7.72. The Hall–Kier alpha value is -0.520. The average Bonchev–Trinajstić information content (AvgIpc) is 2.26. The lowest BCUT2D eigenvalue weighted by Crippen LogP contribution is -1.90. The Morgan fingerprint density at radius 3 is 2.56 bits per heavy atom. The van der Waals surface area contributed by atoms with Gasteiger partial charge >= 0.3 is 0 Å². The van der Waals surface area contributed by atoms with Crippen LogP contribution < -0.4 is 0 Å². The summed E-state index contributed by atoms with van der Waals surface area (Å²) in [6.45, 7) is 0. The highest BCUT2D eigenvalue weighted by Gasteiger charge is 2.07. The average molecular weight is 366 g/mol. The van der Waals surface area contributed by atoms with Crippen molar-refractivity contribution in [3.05, 3.63) is 44.3 Å². The number of benzene rings is 1. The minimum absolute atomic E-state index is 0.299. The molecule has 1 aromatic carbocycles. The lowest BCUT2D eigenvalue weighted by atomic mass is 10.2. The summed E-state index contributed by atoms with van der Waals surface area (Å²) >= 11 is 12.1. The van der Waals surface area contributed by atoms with E-state index in [9.17, 15) is 4.39 Å². The zero-order chi connectivity index (χ0) is 11.7. The van der Waals surface area contributed by atoms with Gasteiger partial charge in [-0.05, 0) is 50.1 Å². The zero-order valence-corrected chi connectivity index (χ0v) is 11.6. The van der Waals surface area contributed by atoms with Gasteiger partial charge in [0.05, 0.1) is 8.95 Å². The van der Waals surface area contributed by atoms with E-state index in [1.165, 1.54) is 12.3 Å². The molecule has 2 nitrogen and oxygen atoms in total. The summed E-state index contributed by atoms with van der Waals surface area (Å²) < 4.78 is 14.3. The fraction of sp³-hybridized carbons (Fsp3) is 0. The molecule has 6 heteroatoms. The molecule has 0 aliphatic rings. The summed E-state index contributed by atoms with van der Waals surface area (Å²) in [6, 6.07) is 4.67. The highest BCUT2D eigenvalue weighted by molar-refractivity contribution is 9.10. The molecule has 0 aliphatic carbocycles. The first-order valence-corrected chi connectivity index (χ1v) is 6.18. The molecular formula is C10H4Br2ClFN2. The van der Waals surface area contributed by atoms with Crippen LogP contribution in [-0.4, -0.2) is 9.97 Å². The number of aromatic nitrogens is 2. The van der Waals surface area contributed by atoms with Crippen molar-refractivity contribution in [2.75, 3.05) is 0 Å². The molecule has 0 atom stereocenters. The van der Waals surface area contributed by atoms with Gasteiger partial charge < -0.3 is 0 Å². The molecule has 0 fully saturated rings. The number of rotatable bonds is 1. The highest BCUT2D eigenvalue weighted by Crippen LogP contribution is 2.25. The summed E-state index contributed by atoms with van der Waals surface area (Å²) in [5.41, 5.74) is 0.579. The van der Waals surface area contributed by atoms with Gasteiger partial charge in [-0.25, -0.2) is 14.4 Å². The first kappa shape index (κ1) is 12.0. The Balaban J connectivity index is 2.50. The van der Waals surface area contributed by atoms with E-state index in [0.29, 0.717) is 25.5 Å². The molecule has 0 spiro atoms. The van der Waals surface area contributed by atoms with Gasteiger partial charge in [-0.3, -0.25) is 0 Å². The van der Waals surface area contributed by atoms with Gasteiger partial charge in [0, 0.05) is 11.8 Å². The van der Waals surface area contributed by atoms with E-state index in [0.717, 1.165) is 0 Å². The first-order valence-electron chi connectivity index (χ1n) is 4.21. The van der Waals surface area contributed by atoms with E-state index in [1.54, 1.807) is 12.1 Å². The molecule has 0 amide bonds. The van der Waals surface area contributed by atoms with Crippen molar-refractivity contribution in [3.8, 4) is 11.4 Å². The van der Waals surface area contributed by atoms with Gasteiger partial charge in [-0.15, -0.1) is 0 Å². The highest BCUT2D eigenvalue weighted by atomic mass is 79.9. The molecule has 0 bridgehead atoms. The van der Waals surface area contributed by atoms with E-state index in [2.05, 4.69) is 41.8 Å². The third-order valence-corrected chi connectivity index (χ3v) is 3.62. The second kappa shape index (κ2) is 4.77. The van der Waals surface area contributed by atoms with Crippen LogP contribution in [0.5, 0.6) is 0 Å². The van der Waals surface area contributed by atoms with E-state index < -0.39 is 0 Å². The van der Waals surface area contributed by atoms with Gasteiger partial charge in [-0.1, -0.05) is 11.6 Å². The van der Waals surface area contributed by atoms with Gasteiger partial charge in [0.1, 0.15) is 11.0 Å². The van der Waals surface area contributed by atoms with Crippen molar-refractivity contribution < 1.29 is 4.39 Å².